The summed E-state index contributed by atoms with van der Waals surface area (Å²) in [7, 11) is 0. The van der Waals surface area contributed by atoms with E-state index >= 15 is 0 Å². The number of nitrogens with zero attached hydrogens (tertiary/aromatic N) is 1. The lowest BCUT2D eigenvalue weighted by atomic mass is 9.72. The van der Waals surface area contributed by atoms with Gasteiger partial charge < -0.3 is 9.32 Å². The van der Waals surface area contributed by atoms with Crippen LogP contribution >= 0.6 is 0 Å². The van der Waals surface area contributed by atoms with E-state index in [9.17, 15) is 0 Å². The van der Waals surface area contributed by atoms with Crippen molar-refractivity contribution in [1.82, 2.24) is 0 Å². The molecule has 0 bridgehead atoms. The van der Waals surface area contributed by atoms with Crippen molar-refractivity contribution >= 4 is 39.0 Å². The Bertz CT molecular complexity index is 2540. The maximum absolute atomic E-state index is 6.51. The van der Waals surface area contributed by atoms with Crippen LogP contribution in [-0.4, -0.2) is 0 Å². The first-order valence-electron chi connectivity index (χ1n) is 18.2. The highest BCUT2D eigenvalue weighted by atomic mass is 16.3. The molecule has 1 heterocycles. The van der Waals surface area contributed by atoms with Gasteiger partial charge in [0.15, 0.2) is 0 Å². The molecule has 0 amide bonds. The smallest absolute Gasteiger partial charge is 0.137 e. The van der Waals surface area contributed by atoms with Gasteiger partial charge in [-0.25, -0.2) is 0 Å². The summed E-state index contributed by atoms with van der Waals surface area (Å²) in [4.78, 5) is 2.56. The van der Waals surface area contributed by atoms with Crippen molar-refractivity contribution in [3.05, 3.63) is 161 Å². The summed E-state index contributed by atoms with van der Waals surface area (Å²) in [5, 5.41) is 2.30. The second kappa shape index (κ2) is 9.79. The van der Waals surface area contributed by atoms with Gasteiger partial charge in [0.2, 0.25) is 0 Å². The van der Waals surface area contributed by atoms with Gasteiger partial charge in [0.05, 0.1) is 16.8 Å². The van der Waals surface area contributed by atoms with Crippen LogP contribution in [-0.2, 0) is 21.7 Å². The monoisotopic (exact) mass is 649 g/mol. The molecule has 0 saturated heterocycles. The lowest BCUT2D eigenvalue weighted by molar-refractivity contribution is 0.350. The van der Waals surface area contributed by atoms with Gasteiger partial charge in [-0.2, -0.15) is 0 Å². The first-order valence-corrected chi connectivity index (χ1v) is 18.2. The Labute approximate surface area is 295 Å². The summed E-state index contributed by atoms with van der Waals surface area (Å²) in [5.41, 5.74) is 16.7. The van der Waals surface area contributed by atoms with Gasteiger partial charge in [0.25, 0.3) is 0 Å². The molecule has 7 aromatic rings. The minimum atomic E-state index is -0.108. The van der Waals surface area contributed by atoms with E-state index in [2.05, 4.69) is 174 Å². The maximum atomic E-state index is 6.51. The van der Waals surface area contributed by atoms with Crippen LogP contribution in [0.3, 0.4) is 0 Å². The lowest BCUT2D eigenvalue weighted by Gasteiger charge is -2.33. The van der Waals surface area contributed by atoms with Crippen LogP contribution in [0.5, 0.6) is 0 Å². The highest BCUT2D eigenvalue weighted by Gasteiger charge is 2.57. The SMILES string of the molecule is CC1(C)CC2(CC(C)(C)c3c(N(c4ccc5c(c4)C(C)(C)c4ccccc4-5)c4cccc5oc6ccccc6c45)cccc32)c2ccccc21. The fraction of sp³-hybridized carbons (Fsp3) is 0.250. The van der Waals surface area contributed by atoms with E-state index in [1.807, 2.05) is 0 Å². The third-order valence-corrected chi connectivity index (χ3v) is 12.6. The molecule has 246 valence electrons. The number of fused-ring (bicyclic) bond motifs is 10. The molecule has 0 N–H and O–H groups in total. The van der Waals surface area contributed by atoms with E-state index in [0.29, 0.717) is 0 Å². The molecule has 2 nitrogen and oxygen atoms in total. The van der Waals surface area contributed by atoms with Crippen molar-refractivity contribution in [2.75, 3.05) is 4.90 Å². The van der Waals surface area contributed by atoms with Crippen molar-refractivity contribution in [3.63, 3.8) is 0 Å². The zero-order valence-electron chi connectivity index (χ0n) is 29.9. The summed E-state index contributed by atoms with van der Waals surface area (Å²) in [6.07, 6.45) is 2.21. The van der Waals surface area contributed by atoms with Crippen LogP contribution in [0.1, 0.15) is 87.8 Å². The Morgan fingerprint density at radius 2 is 1.12 bits per heavy atom. The number of furan rings is 1. The minimum absolute atomic E-state index is 0.0312. The average Bonchev–Trinajstić information content (AvgIpc) is 3.75. The van der Waals surface area contributed by atoms with E-state index in [0.717, 1.165) is 40.5 Å². The van der Waals surface area contributed by atoms with Gasteiger partial charge in [-0.05, 0) is 105 Å². The third-order valence-electron chi connectivity index (χ3n) is 12.6. The van der Waals surface area contributed by atoms with Crippen LogP contribution in [0, 0.1) is 0 Å². The van der Waals surface area contributed by atoms with Crippen molar-refractivity contribution in [1.29, 1.82) is 0 Å². The fourth-order valence-electron chi connectivity index (χ4n) is 10.8. The number of hydrogen-bond donors (Lipinski definition) is 0. The van der Waals surface area contributed by atoms with Crippen LogP contribution in [0.25, 0.3) is 33.1 Å². The number of para-hydroxylation sites is 1. The maximum Gasteiger partial charge on any atom is 0.137 e. The Morgan fingerprint density at radius 3 is 1.96 bits per heavy atom. The summed E-state index contributed by atoms with van der Waals surface area (Å²) >= 11 is 0. The van der Waals surface area contributed by atoms with Gasteiger partial charge in [0, 0.05) is 21.9 Å². The quantitative estimate of drug-likeness (QED) is 0.189. The summed E-state index contributed by atoms with van der Waals surface area (Å²) < 4.78 is 6.51. The molecule has 0 fully saturated rings. The minimum Gasteiger partial charge on any atom is -0.456 e. The summed E-state index contributed by atoms with van der Waals surface area (Å²) in [6.45, 7) is 14.6. The lowest BCUT2D eigenvalue weighted by Crippen LogP contribution is -2.26. The van der Waals surface area contributed by atoms with E-state index < -0.39 is 0 Å². The predicted octanol–water partition coefficient (Wildman–Crippen LogP) is 13.0. The van der Waals surface area contributed by atoms with Crippen LogP contribution < -0.4 is 4.90 Å². The van der Waals surface area contributed by atoms with E-state index in [1.165, 1.54) is 55.9 Å². The normalized spacial score (nSPS) is 20.2. The average molecular weight is 650 g/mol. The Balaban J connectivity index is 1.28. The zero-order chi connectivity index (χ0) is 34.2. The van der Waals surface area contributed by atoms with Crippen molar-refractivity contribution in [2.24, 2.45) is 0 Å². The highest BCUT2D eigenvalue weighted by Crippen LogP contribution is 2.65. The number of hydrogen-bond acceptors (Lipinski definition) is 2. The van der Waals surface area contributed by atoms with E-state index in [1.54, 1.807) is 0 Å². The van der Waals surface area contributed by atoms with Crippen molar-refractivity contribution < 1.29 is 4.42 Å². The Morgan fingerprint density at radius 1 is 0.500 bits per heavy atom. The zero-order valence-corrected chi connectivity index (χ0v) is 29.9. The van der Waals surface area contributed by atoms with Gasteiger partial charge in [-0.3, -0.25) is 0 Å². The predicted molar refractivity (Wildman–Crippen MR) is 208 cm³/mol. The fourth-order valence-corrected chi connectivity index (χ4v) is 10.8. The van der Waals surface area contributed by atoms with Gasteiger partial charge in [-0.15, -0.1) is 0 Å². The summed E-state index contributed by atoms with van der Waals surface area (Å²) in [6, 6.07) is 47.6. The Hall–Kier alpha value is -5.08. The molecule has 6 aromatic carbocycles. The van der Waals surface area contributed by atoms with Crippen LogP contribution in [0.15, 0.2) is 132 Å². The number of anilines is 3. The van der Waals surface area contributed by atoms with E-state index in [4.69, 9.17) is 4.42 Å². The first kappa shape index (κ1) is 29.8. The third kappa shape index (κ3) is 3.80. The van der Waals surface area contributed by atoms with Gasteiger partial charge >= 0.3 is 0 Å². The number of benzene rings is 6. The standard InChI is InChI=1S/C48H43NO/c1-45(2)28-48(36-19-11-10-18-35(36)45)29-46(3,4)44-37(48)20-13-22-40(44)49(39-21-14-24-42-43(39)33-16-8-12-23-41(33)50-42)30-25-26-32-31-15-7-9-17-34(31)47(5,6)38(32)27-30/h7-27H,28-29H2,1-6H3. The molecule has 3 aliphatic carbocycles. The molecule has 1 aromatic heterocycles. The first-order chi connectivity index (χ1) is 24.0. The van der Waals surface area contributed by atoms with Crippen molar-refractivity contribution in [3.8, 4) is 11.1 Å². The van der Waals surface area contributed by atoms with Crippen molar-refractivity contribution in [2.45, 2.75) is 76.0 Å². The molecule has 1 spiro atoms. The van der Waals surface area contributed by atoms with E-state index in [-0.39, 0.29) is 21.7 Å². The summed E-state index contributed by atoms with van der Waals surface area (Å²) in [5.74, 6) is 0. The highest BCUT2D eigenvalue weighted by molar-refractivity contribution is 6.13. The molecule has 1 unspecified atom stereocenters. The molecule has 1 atom stereocenters. The van der Waals surface area contributed by atoms with Gasteiger partial charge in [-0.1, -0.05) is 133 Å². The molecule has 50 heavy (non-hydrogen) atoms. The van der Waals surface area contributed by atoms with Crippen LogP contribution in [0.2, 0.25) is 0 Å². The topological polar surface area (TPSA) is 16.4 Å². The molecule has 2 heteroatoms. The Kier molecular flexibility index (Phi) is 5.83. The molecular formula is C48H43NO. The second-order valence-electron chi connectivity index (χ2n) is 16.9. The molecule has 3 aliphatic rings. The molecule has 0 radical (unpaired) electrons. The molecular weight excluding hydrogens is 607 g/mol. The molecule has 0 aliphatic heterocycles. The largest absolute Gasteiger partial charge is 0.456 e. The second-order valence-corrected chi connectivity index (χ2v) is 16.9. The molecule has 10 rings (SSSR count). The molecule has 0 saturated carbocycles. The number of rotatable bonds is 3. The van der Waals surface area contributed by atoms with Gasteiger partial charge in [0.1, 0.15) is 11.2 Å². The van der Waals surface area contributed by atoms with Crippen LogP contribution in [0.4, 0.5) is 17.1 Å².